The second kappa shape index (κ2) is 5.74. The number of aryl methyl sites for hydroxylation is 1. The third-order valence-corrected chi connectivity index (χ3v) is 4.52. The largest absolute Gasteiger partial charge is 0.507 e. The summed E-state index contributed by atoms with van der Waals surface area (Å²) >= 11 is 3.46. The first-order chi connectivity index (χ1) is 9.35. The van der Waals surface area contributed by atoms with Crippen molar-refractivity contribution in [3.8, 4) is 5.75 Å². The fourth-order valence-corrected chi connectivity index (χ4v) is 3.46. The molecule has 20 heavy (non-hydrogen) atoms. The number of hydrogen-bond acceptors (Lipinski definition) is 3. The molecule has 0 radical (unpaired) electrons. The number of hydrogen-bond donors (Lipinski definition) is 2. The van der Waals surface area contributed by atoms with Gasteiger partial charge in [0, 0.05) is 30.2 Å². The summed E-state index contributed by atoms with van der Waals surface area (Å²) in [6.07, 6.45) is 0.848. The minimum atomic E-state index is -0.328. The van der Waals surface area contributed by atoms with Gasteiger partial charge in [0.1, 0.15) is 5.75 Å². The number of nitrogens with one attached hydrogen (secondary N) is 1. The van der Waals surface area contributed by atoms with E-state index < -0.39 is 0 Å². The van der Waals surface area contributed by atoms with Gasteiger partial charge in [-0.05, 0) is 44.5 Å². The highest BCUT2D eigenvalue weighted by Gasteiger charge is 2.39. The van der Waals surface area contributed by atoms with Gasteiger partial charge in [-0.15, -0.1) is 0 Å². The smallest absolute Gasteiger partial charge is 0.227 e. The molecular weight excluding hydrogens is 320 g/mol. The Balaban J connectivity index is 2.12. The van der Waals surface area contributed by atoms with Crippen molar-refractivity contribution in [1.29, 1.82) is 0 Å². The van der Waals surface area contributed by atoms with E-state index in [0.717, 1.165) is 35.1 Å². The van der Waals surface area contributed by atoms with Gasteiger partial charge in [0.15, 0.2) is 0 Å². The molecule has 1 aliphatic rings. The van der Waals surface area contributed by atoms with Crippen LogP contribution in [0.15, 0.2) is 16.6 Å². The predicted octanol–water partition coefficient (Wildman–Crippen LogP) is 2.42. The maximum absolute atomic E-state index is 11.9. The number of nitrogens with zero attached hydrogens (tertiary/aromatic N) is 1. The van der Waals surface area contributed by atoms with Crippen LogP contribution in [0.1, 0.15) is 24.5 Å². The first-order valence-electron chi connectivity index (χ1n) is 6.78. The van der Waals surface area contributed by atoms with Crippen LogP contribution in [-0.4, -0.2) is 36.1 Å². The van der Waals surface area contributed by atoms with Crippen molar-refractivity contribution in [2.45, 2.75) is 26.8 Å². The number of benzene rings is 1. The molecule has 0 bridgehead atoms. The Hall–Kier alpha value is -1.07. The summed E-state index contributed by atoms with van der Waals surface area (Å²) < 4.78 is 0.969. The van der Waals surface area contributed by atoms with Crippen LogP contribution in [0.4, 0.5) is 0 Å². The molecule has 1 atom stereocenters. The van der Waals surface area contributed by atoms with Crippen molar-refractivity contribution in [2.75, 3.05) is 20.1 Å². The number of carbonyl (C=O) groups is 1. The van der Waals surface area contributed by atoms with Gasteiger partial charge in [-0.2, -0.15) is 0 Å². The zero-order valence-electron chi connectivity index (χ0n) is 12.2. The third-order valence-electron chi connectivity index (χ3n) is 4.07. The molecule has 5 heteroatoms. The monoisotopic (exact) mass is 340 g/mol. The highest BCUT2D eigenvalue weighted by Crippen LogP contribution is 2.33. The molecule has 0 saturated carbocycles. The first kappa shape index (κ1) is 15.3. The standard InChI is InChI=1S/C15H21BrN2O2/c1-10-6-12(16)7-11(13(10)19)8-18-5-4-15(2,9-18)14(20)17-3/h6-7,19H,4-5,8-9H2,1-3H3,(H,17,20). The highest BCUT2D eigenvalue weighted by molar-refractivity contribution is 9.10. The van der Waals surface area contributed by atoms with E-state index in [-0.39, 0.29) is 11.3 Å². The van der Waals surface area contributed by atoms with Crippen LogP contribution < -0.4 is 5.32 Å². The molecule has 1 unspecified atom stereocenters. The van der Waals surface area contributed by atoms with E-state index in [2.05, 4.69) is 26.1 Å². The molecule has 0 spiro atoms. The third kappa shape index (κ3) is 2.99. The number of amides is 1. The van der Waals surface area contributed by atoms with Gasteiger partial charge in [0.25, 0.3) is 0 Å². The molecule has 1 heterocycles. The van der Waals surface area contributed by atoms with Gasteiger partial charge in [0.05, 0.1) is 5.41 Å². The fourth-order valence-electron chi connectivity index (χ4n) is 2.84. The summed E-state index contributed by atoms with van der Waals surface area (Å²) in [4.78, 5) is 14.1. The number of halogens is 1. The van der Waals surface area contributed by atoms with E-state index in [0.29, 0.717) is 12.3 Å². The molecule has 1 fully saturated rings. The lowest BCUT2D eigenvalue weighted by atomic mass is 9.89. The SMILES string of the molecule is CNC(=O)C1(C)CCN(Cc2cc(Br)cc(C)c2O)C1. The quantitative estimate of drug-likeness (QED) is 0.888. The van der Waals surface area contributed by atoms with Gasteiger partial charge in [-0.25, -0.2) is 0 Å². The van der Waals surface area contributed by atoms with Crippen LogP contribution in [0, 0.1) is 12.3 Å². The number of rotatable bonds is 3. The molecule has 2 rings (SSSR count). The van der Waals surface area contributed by atoms with Crippen molar-refractivity contribution in [3.05, 3.63) is 27.7 Å². The lowest BCUT2D eigenvalue weighted by molar-refractivity contribution is -0.129. The van der Waals surface area contributed by atoms with Crippen molar-refractivity contribution in [2.24, 2.45) is 5.41 Å². The van der Waals surface area contributed by atoms with Gasteiger partial charge in [-0.1, -0.05) is 15.9 Å². The molecular formula is C15H21BrN2O2. The van der Waals surface area contributed by atoms with Crippen molar-refractivity contribution >= 4 is 21.8 Å². The Bertz CT molecular complexity index is 533. The summed E-state index contributed by atoms with van der Waals surface area (Å²) in [5.74, 6) is 0.441. The second-order valence-corrected chi connectivity index (χ2v) is 6.75. The zero-order valence-corrected chi connectivity index (χ0v) is 13.7. The molecule has 1 aromatic rings. The molecule has 1 aromatic carbocycles. The maximum atomic E-state index is 11.9. The Morgan fingerprint density at radius 3 is 2.90 bits per heavy atom. The molecule has 110 valence electrons. The van der Waals surface area contributed by atoms with Crippen molar-refractivity contribution in [1.82, 2.24) is 10.2 Å². The highest BCUT2D eigenvalue weighted by atomic mass is 79.9. The minimum Gasteiger partial charge on any atom is -0.507 e. The average Bonchev–Trinajstić information content (AvgIpc) is 2.77. The summed E-state index contributed by atoms with van der Waals surface area (Å²) in [6.45, 7) is 6.14. The van der Waals surface area contributed by atoms with E-state index in [1.807, 2.05) is 26.0 Å². The van der Waals surface area contributed by atoms with Gasteiger partial charge in [-0.3, -0.25) is 9.69 Å². The zero-order chi connectivity index (χ0) is 14.9. The summed E-state index contributed by atoms with van der Waals surface area (Å²) in [6, 6.07) is 3.84. The lowest BCUT2D eigenvalue weighted by Gasteiger charge is -2.23. The topological polar surface area (TPSA) is 52.6 Å². The number of carbonyl (C=O) groups excluding carboxylic acids is 1. The normalized spacial score (nSPS) is 23.0. The Kier molecular flexibility index (Phi) is 4.39. The molecule has 0 aromatic heterocycles. The van der Waals surface area contributed by atoms with E-state index in [1.54, 1.807) is 7.05 Å². The van der Waals surface area contributed by atoms with Gasteiger partial charge < -0.3 is 10.4 Å². The first-order valence-corrected chi connectivity index (χ1v) is 7.57. The van der Waals surface area contributed by atoms with Crippen molar-refractivity contribution < 1.29 is 9.90 Å². The number of aromatic hydroxyl groups is 1. The number of phenols is 1. The van der Waals surface area contributed by atoms with Crippen LogP contribution >= 0.6 is 15.9 Å². The van der Waals surface area contributed by atoms with Crippen LogP contribution in [0.2, 0.25) is 0 Å². The average molecular weight is 341 g/mol. The Morgan fingerprint density at radius 2 is 2.25 bits per heavy atom. The second-order valence-electron chi connectivity index (χ2n) is 5.83. The van der Waals surface area contributed by atoms with Crippen LogP contribution in [-0.2, 0) is 11.3 Å². The van der Waals surface area contributed by atoms with Gasteiger partial charge >= 0.3 is 0 Å². The lowest BCUT2D eigenvalue weighted by Crippen LogP contribution is -2.39. The van der Waals surface area contributed by atoms with E-state index >= 15 is 0 Å². The van der Waals surface area contributed by atoms with Gasteiger partial charge in [0.2, 0.25) is 5.91 Å². The number of phenolic OH excluding ortho intramolecular Hbond substituents is 1. The molecule has 1 saturated heterocycles. The van der Waals surface area contributed by atoms with Crippen LogP contribution in [0.5, 0.6) is 5.75 Å². The van der Waals surface area contributed by atoms with Crippen LogP contribution in [0.3, 0.4) is 0 Å². The molecule has 4 nitrogen and oxygen atoms in total. The molecule has 1 amide bonds. The summed E-state index contributed by atoms with van der Waals surface area (Å²) in [5.41, 5.74) is 1.44. The molecule has 1 aliphatic heterocycles. The Morgan fingerprint density at radius 1 is 1.55 bits per heavy atom. The van der Waals surface area contributed by atoms with E-state index in [4.69, 9.17) is 0 Å². The summed E-state index contributed by atoms with van der Waals surface area (Å²) in [7, 11) is 1.68. The predicted molar refractivity (Wildman–Crippen MR) is 82.6 cm³/mol. The van der Waals surface area contributed by atoms with E-state index in [9.17, 15) is 9.90 Å². The molecule has 2 N–H and O–H groups in total. The van der Waals surface area contributed by atoms with Crippen molar-refractivity contribution in [3.63, 3.8) is 0 Å². The number of likely N-dealkylation sites (tertiary alicyclic amines) is 1. The minimum absolute atomic E-state index is 0.0923. The van der Waals surface area contributed by atoms with Crippen LogP contribution in [0.25, 0.3) is 0 Å². The Labute approximate surface area is 128 Å². The van der Waals surface area contributed by atoms with E-state index in [1.165, 1.54) is 0 Å². The maximum Gasteiger partial charge on any atom is 0.227 e. The molecule has 0 aliphatic carbocycles. The fraction of sp³-hybridized carbons (Fsp3) is 0.533. The summed E-state index contributed by atoms with van der Waals surface area (Å²) in [5, 5.41) is 12.9.